The highest BCUT2D eigenvalue weighted by molar-refractivity contribution is 7.80. The fraction of sp³-hybridized carbons (Fsp3) is 0.500. The summed E-state index contributed by atoms with van der Waals surface area (Å²) in [6.45, 7) is 0. The number of rotatable bonds is 0. The topological polar surface area (TPSA) is 0 Å². The van der Waals surface area contributed by atoms with Crippen molar-refractivity contribution in [1.82, 2.24) is 0 Å². The Balaban J connectivity index is 0. The molecular weight excluding hydrogens is 264 g/mol. The van der Waals surface area contributed by atoms with E-state index in [0.29, 0.717) is 0 Å². The third-order valence-corrected chi connectivity index (χ3v) is 0.909. The molecule has 0 aromatic rings. The highest BCUT2D eigenvalue weighted by atomic mass is 32.1. The van der Waals surface area contributed by atoms with E-state index in [4.69, 9.17) is 0 Å². The van der Waals surface area contributed by atoms with Crippen LogP contribution in [0.2, 0.25) is 0 Å². The molecule has 0 aromatic heterocycles. The van der Waals surface area contributed by atoms with Crippen LogP contribution in [0.25, 0.3) is 0 Å². The van der Waals surface area contributed by atoms with Crippen LogP contribution in [0.15, 0.2) is 0 Å². The minimum Gasteiger partial charge on any atom is -0.189 e. The van der Waals surface area contributed by atoms with Crippen molar-refractivity contribution in [2.24, 2.45) is 0 Å². The fourth-order valence-corrected chi connectivity index (χ4v) is 0. The summed E-state index contributed by atoms with van der Waals surface area (Å²) in [7, 11) is 0. The van der Waals surface area contributed by atoms with Gasteiger partial charge in [-0.25, -0.2) is 0 Å². The molecule has 0 aliphatic carbocycles. The summed E-state index contributed by atoms with van der Waals surface area (Å²) in [5.74, 6) is 0. The molecule has 0 bridgehead atoms. The molecule has 0 aromatic carbocycles. The molecule has 0 nitrogen and oxygen atoms in total. The molecule has 84 valence electrons. The summed E-state index contributed by atoms with van der Waals surface area (Å²) < 4.78 is 85.6. The molecule has 10 heteroatoms. The lowest BCUT2D eigenvalue weighted by Crippen LogP contribution is -2.14. The molecule has 0 amide bonds. The zero-order chi connectivity index (χ0) is 12.2. The SMILES string of the molecule is FC(=S)C(F)(F)F.FC(=S)C(F)(F)F. The quantitative estimate of drug-likeness (QED) is 0.372. The van der Waals surface area contributed by atoms with Gasteiger partial charge in [0.15, 0.2) is 0 Å². The van der Waals surface area contributed by atoms with Gasteiger partial charge >= 0.3 is 12.4 Å². The van der Waals surface area contributed by atoms with E-state index in [-0.39, 0.29) is 0 Å². The molecule has 0 heterocycles. The van der Waals surface area contributed by atoms with Crippen molar-refractivity contribution >= 4 is 34.7 Å². The Morgan fingerprint density at radius 3 is 0.714 bits per heavy atom. The average molecular weight is 264 g/mol. The van der Waals surface area contributed by atoms with Gasteiger partial charge in [0.2, 0.25) is 0 Å². The average Bonchev–Trinajstić information content (AvgIpc) is 1.83. The largest absolute Gasteiger partial charge is 0.453 e. The van der Waals surface area contributed by atoms with Crippen LogP contribution in [0.1, 0.15) is 0 Å². The van der Waals surface area contributed by atoms with Crippen molar-refractivity contribution in [2.75, 3.05) is 0 Å². The van der Waals surface area contributed by atoms with Crippen molar-refractivity contribution in [3.63, 3.8) is 0 Å². The first-order chi connectivity index (χ1) is 5.89. The molecule has 0 aliphatic heterocycles. The molecule has 0 saturated heterocycles. The monoisotopic (exact) mass is 264 g/mol. The zero-order valence-electron chi connectivity index (χ0n) is 5.84. The van der Waals surface area contributed by atoms with Gasteiger partial charge in [0.25, 0.3) is 10.2 Å². The lowest BCUT2D eigenvalue weighted by Gasteiger charge is -1.95. The lowest BCUT2D eigenvalue weighted by molar-refractivity contribution is -0.0650. The Morgan fingerprint density at radius 1 is 0.643 bits per heavy atom. The maximum Gasteiger partial charge on any atom is 0.453 e. The Kier molecular flexibility index (Phi) is 6.30. The first-order valence-corrected chi connectivity index (χ1v) is 3.24. The molecule has 0 radical (unpaired) electrons. The van der Waals surface area contributed by atoms with E-state index in [1.54, 1.807) is 0 Å². The van der Waals surface area contributed by atoms with Crippen molar-refractivity contribution in [3.05, 3.63) is 0 Å². The van der Waals surface area contributed by atoms with E-state index in [2.05, 4.69) is 24.4 Å². The van der Waals surface area contributed by atoms with Gasteiger partial charge in [0.1, 0.15) is 0 Å². The summed E-state index contributed by atoms with van der Waals surface area (Å²) in [6, 6.07) is 0. The number of hydrogen-bond donors (Lipinski definition) is 0. The predicted octanol–water partition coefficient (Wildman–Crippen LogP) is 3.69. The molecule has 0 aliphatic rings. The number of hydrogen-bond acceptors (Lipinski definition) is 2. The summed E-state index contributed by atoms with van der Waals surface area (Å²) in [4.78, 5) is 0. The molecular formula is C4F8S2. The molecule has 0 saturated carbocycles. The van der Waals surface area contributed by atoms with Crippen LogP contribution >= 0.6 is 24.4 Å². The van der Waals surface area contributed by atoms with E-state index in [9.17, 15) is 35.1 Å². The van der Waals surface area contributed by atoms with Crippen LogP contribution in [0.5, 0.6) is 0 Å². The normalized spacial score (nSPS) is 11.4. The predicted molar refractivity (Wildman–Crippen MR) is 39.5 cm³/mol. The van der Waals surface area contributed by atoms with Gasteiger partial charge < -0.3 is 0 Å². The van der Waals surface area contributed by atoms with Crippen LogP contribution in [0.4, 0.5) is 35.1 Å². The number of thiocarbonyl (C=S) groups is 2. The third-order valence-electron chi connectivity index (χ3n) is 0.446. The molecule has 14 heavy (non-hydrogen) atoms. The van der Waals surface area contributed by atoms with Gasteiger partial charge in [0, 0.05) is 0 Å². The van der Waals surface area contributed by atoms with Crippen LogP contribution in [0.3, 0.4) is 0 Å². The highest BCUT2D eigenvalue weighted by Crippen LogP contribution is 2.17. The second-order valence-electron chi connectivity index (χ2n) is 1.54. The molecule has 0 atom stereocenters. The van der Waals surface area contributed by atoms with Gasteiger partial charge in [-0.2, -0.15) is 35.1 Å². The highest BCUT2D eigenvalue weighted by Gasteiger charge is 2.34. The Morgan fingerprint density at radius 2 is 0.714 bits per heavy atom. The van der Waals surface area contributed by atoms with E-state index in [0.717, 1.165) is 0 Å². The summed E-state index contributed by atoms with van der Waals surface area (Å²) in [5.41, 5.74) is 0. The van der Waals surface area contributed by atoms with Crippen molar-refractivity contribution in [1.29, 1.82) is 0 Å². The summed E-state index contributed by atoms with van der Waals surface area (Å²) >= 11 is 6.28. The van der Waals surface area contributed by atoms with Gasteiger partial charge in [-0.3, -0.25) is 0 Å². The fourth-order valence-electron chi connectivity index (χ4n) is 0. The Labute approximate surface area is 82.9 Å². The van der Waals surface area contributed by atoms with Crippen LogP contribution < -0.4 is 0 Å². The van der Waals surface area contributed by atoms with E-state index in [1.165, 1.54) is 0 Å². The van der Waals surface area contributed by atoms with Crippen LogP contribution in [-0.4, -0.2) is 22.6 Å². The molecule has 0 unspecified atom stereocenters. The maximum atomic E-state index is 10.8. The second-order valence-corrected chi connectivity index (χ2v) is 2.26. The Hall–Kier alpha value is -0.380. The first kappa shape index (κ1) is 16.1. The van der Waals surface area contributed by atoms with Crippen molar-refractivity contribution in [2.45, 2.75) is 12.4 Å². The van der Waals surface area contributed by atoms with Gasteiger partial charge in [-0.05, 0) is 24.4 Å². The summed E-state index contributed by atoms with van der Waals surface area (Å²) in [5, 5.41) is -4.85. The summed E-state index contributed by atoms with van der Waals surface area (Å²) in [6.07, 6.45) is -9.87. The number of alkyl halides is 6. The van der Waals surface area contributed by atoms with Gasteiger partial charge in [0.05, 0.1) is 0 Å². The third kappa shape index (κ3) is 9.71. The van der Waals surface area contributed by atoms with Gasteiger partial charge in [-0.15, -0.1) is 0 Å². The first-order valence-electron chi connectivity index (χ1n) is 2.42. The van der Waals surface area contributed by atoms with E-state index < -0.39 is 22.6 Å². The zero-order valence-corrected chi connectivity index (χ0v) is 7.47. The van der Waals surface area contributed by atoms with Crippen molar-refractivity contribution < 1.29 is 35.1 Å². The molecule has 0 spiro atoms. The Bertz CT molecular complexity index is 188. The van der Waals surface area contributed by atoms with E-state index >= 15 is 0 Å². The lowest BCUT2D eigenvalue weighted by atomic mass is 10.8. The second kappa shape index (κ2) is 5.49. The minimum atomic E-state index is -4.94. The van der Waals surface area contributed by atoms with Crippen LogP contribution in [-0.2, 0) is 0 Å². The molecule has 0 N–H and O–H groups in total. The standard InChI is InChI=1S/2C2F4S/c2*3-1(7)2(4,5)6. The van der Waals surface area contributed by atoms with Gasteiger partial charge in [-0.1, -0.05) is 0 Å². The smallest absolute Gasteiger partial charge is 0.189 e. The van der Waals surface area contributed by atoms with Crippen LogP contribution in [0, 0.1) is 0 Å². The number of halogens is 8. The minimum absolute atomic E-state index is 2.42. The molecule has 0 rings (SSSR count). The van der Waals surface area contributed by atoms with E-state index in [1.807, 2.05) is 0 Å². The molecule has 0 fully saturated rings. The maximum absolute atomic E-state index is 10.8. The van der Waals surface area contributed by atoms with Crippen molar-refractivity contribution in [3.8, 4) is 0 Å².